The Morgan fingerprint density at radius 2 is 1.76 bits per heavy atom. The van der Waals surface area contributed by atoms with E-state index in [1.165, 1.54) is 0 Å². The molecule has 1 amide bonds. The third kappa shape index (κ3) is 3.30. The maximum Gasteiger partial charge on any atom is 0.323 e. The Bertz CT molecular complexity index is 502. The maximum absolute atomic E-state index is 13.2. The van der Waals surface area contributed by atoms with Crippen LogP contribution in [0.2, 0.25) is 0 Å². The first kappa shape index (κ1) is 18.1. The summed E-state index contributed by atoms with van der Waals surface area (Å²) in [5.41, 5.74) is 3.89. The van der Waals surface area contributed by atoms with Crippen LogP contribution in [0.15, 0.2) is 22.7 Å². The van der Waals surface area contributed by atoms with Crippen LogP contribution in [0.4, 0.5) is 5.69 Å². The topological polar surface area (TPSA) is 55.1 Å². The van der Waals surface area contributed by atoms with Gasteiger partial charge < -0.3 is 5.43 Å². The summed E-state index contributed by atoms with van der Waals surface area (Å²) in [5, 5.41) is 0. The van der Waals surface area contributed by atoms with Crippen molar-refractivity contribution in [3.63, 3.8) is 0 Å². The summed E-state index contributed by atoms with van der Waals surface area (Å²) in [6.45, 7) is 12.7. The second-order valence-electron chi connectivity index (χ2n) is 5.86. The van der Waals surface area contributed by atoms with E-state index in [1.54, 1.807) is 0 Å². The van der Waals surface area contributed by atoms with Gasteiger partial charge in [0.2, 0.25) is 0 Å². The van der Waals surface area contributed by atoms with E-state index < -0.39 is 5.41 Å². The average molecular weight is 357 g/mol. The van der Waals surface area contributed by atoms with Crippen LogP contribution in [-0.4, -0.2) is 30.0 Å². The van der Waals surface area contributed by atoms with Gasteiger partial charge >= 0.3 is 5.91 Å². The standard InChI is InChI=1S/C16H27BrN3O/c1-6-20(7-2,8-3)15(21)16(4,5)12-9-10-14(19-18)13(17)11-12/h9-11,19H,6-8,18H2,1-5H3/q+1. The molecule has 118 valence electrons. The van der Waals surface area contributed by atoms with E-state index in [1.807, 2.05) is 32.0 Å². The Morgan fingerprint density at radius 1 is 1.24 bits per heavy atom. The second-order valence-corrected chi connectivity index (χ2v) is 6.72. The molecule has 0 saturated carbocycles. The molecule has 0 aliphatic carbocycles. The summed E-state index contributed by atoms with van der Waals surface area (Å²) in [6.07, 6.45) is 0. The molecule has 0 unspecified atom stereocenters. The van der Waals surface area contributed by atoms with Gasteiger partial charge in [-0.1, -0.05) is 6.07 Å². The van der Waals surface area contributed by atoms with Crippen molar-refractivity contribution in [3.8, 4) is 0 Å². The number of likely N-dealkylation sites (N-methyl/N-ethyl adjacent to an activating group) is 1. The Balaban J connectivity index is 3.26. The normalized spacial score (nSPS) is 12.3. The summed E-state index contributed by atoms with van der Waals surface area (Å²) < 4.78 is 1.37. The van der Waals surface area contributed by atoms with E-state index in [0.29, 0.717) is 4.48 Å². The second kappa shape index (κ2) is 6.90. The van der Waals surface area contributed by atoms with Gasteiger partial charge in [-0.05, 0) is 68.2 Å². The first-order chi connectivity index (χ1) is 9.78. The van der Waals surface area contributed by atoms with Crippen LogP contribution in [0.1, 0.15) is 40.2 Å². The Kier molecular flexibility index (Phi) is 5.96. The van der Waals surface area contributed by atoms with Crippen LogP contribution in [0, 0.1) is 0 Å². The maximum atomic E-state index is 13.2. The number of nitrogens with one attached hydrogen (secondary N) is 1. The molecule has 5 heteroatoms. The van der Waals surface area contributed by atoms with Gasteiger partial charge in [-0.2, -0.15) is 0 Å². The lowest BCUT2D eigenvalue weighted by atomic mass is 9.82. The number of hydrogen-bond donors (Lipinski definition) is 2. The molecule has 0 aliphatic heterocycles. The van der Waals surface area contributed by atoms with Crippen LogP contribution in [-0.2, 0) is 10.2 Å². The van der Waals surface area contributed by atoms with Gasteiger partial charge in [0.15, 0.2) is 0 Å². The molecule has 0 saturated heterocycles. The van der Waals surface area contributed by atoms with E-state index in [2.05, 4.69) is 42.1 Å². The fraction of sp³-hybridized carbons (Fsp3) is 0.562. The van der Waals surface area contributed by atoms with Gasteiger partial charge in [0.25, 0.3) is 0 Å². The fourth-order valence-corrected chi connectivity index (χ4v) is 3.33. The highest BCUT2D eigenvalue weighted by atomic mass is 79.9. The number of nitrogen functional groups attached to an aromatic ring is 1. The summed E-state index contributed by atoms with van der Waals surface area (Å²) in [6, 6.07) is 5.84. The fourth-order valence-electron chi connectivity index (χ4n) is 2.84. The van der Waals surface area contributed by atoms with Crippen molar-refractivity contribution in [2.45, 2.75) is 40.0 Å². The zero-order valence-electron chi connectivity index (χ0n) is 13.7. The van der Waals surface area contributed by atoms with E-state index in [-0.39, 0.29) is 5.91 Å². The first-order valence-electron chi connectivity index (χ1n) is 7.46. The van der Waals surface area contributed by atoms with Crippen molar-refractivity contribution in [3.05, 3.63) is 28.2 Å². The molecule has 0 spiro atoms. The molecular weight excluding hydrogens is 330 g/mol. The summed E-state index contributed by atoms with van der Waals surface area (Å²) in [7, 11) is 0. The number of quaternary nitrogens is 1. The first-order valence-corrected chi connectivity index (χ1v) is 8.26. The van der Waals surface area contributed by atoms with Crippen LogP contribution in [0.5, 0.6) is 0 Å². The molecular formula is C16H27BrN3O+. The molecule has 0 atom stereocenters. The minimum Gasteiger partial charge on any atom is -0.323 e. The number of benzene rings is 1. The highest BCUT2D eigenvalue weighted by molar-refractivity contribution is 9.10. The molecule has 0 heterocycles. The summed E-state index contributed by atoms with van der Waals surface area (Å²) >= 11 is 3.49. The highest BCUT2D eigenvalue weighted by Gasteiger charge is 2.44. The lowest BCUT2D eigenvalue weighted by molar-refractivity contribution is -0.851. The number of anilines is 1. The molecule has 1 aromatic rings. The average Bonchev–Trinajstić information content (AvgIpc) is 2.49. The Morgan fingerprint density at radius 3 is 2.14 bits per heavy atom. The monoisotopic (exact) mass is 356 g/mol. The van der Waals surface area contributed by atoms with E-state index >= 15 is 0 Å². The van der Waals surface area contributed by atoms with Crippen molar-refractivity contribution in [2.24, 2.45) is 5.84 Å². The van der Waals surface area contributed by atoms with Crippen LogP contribution >= 0.6 is 15.9 Å². The third-order valence-corrected chi connectivity index (χ3v) is 5.28. The van der Waals surface area contributed by atoms with E-state index in [4.69, 9.17) is 5.84 Å². The van der Waals surface area contributed by atoms with Gasteiger partial charge in [-0.25, -0.2) is 4.79 Å². The van der Waals surface area contributed by atoms with Gasteiger partial charge in [-0.3, -0.25) is 10.3 Å². The number of hydrazine groups is 1. The van der Waals surface area contributed by atoms with E-state index in [9.17, 15) is 4.79 Å². The molecule has 0 fully saturated rings. The smallest absolute Gasteiger partial charge is 0.323 e. The molecule has 21 heavy (non-hydrogen) atoms. The largest absolute Gasteiger partial charge is 0.323 e. The number of amides is 1. The van der Waals surface area contributed by atoms with Gasteiger partial charge in [-0.15, -0.1) is 0 Å². The predicted octanol–water partition coefficient (Wildman–Crippen LogP) is 3.42. The third-order valence-electron chi connectivity index (χ3n) is 4.63. The Hall–Kier alpha value is -0.910. The number of carbonyl (C=O) groups excluding carboxylic acids is 1. The number of hydrogen-bond acceptors (Lipinski definition) is 3. The van der Waals surface area contributed by atoms with E-state index in [0.717, 1.165) is 35.4 Å². The van der Waals surface area contributed by atoms with Crippen LogP contribution in [0.3, 0.4) is 0 Å². The molecule has 1 rings (SSSR count). The van der Waals surface area contributed by atoms with Crippen molar-refractivity contribution in [1.82, 2.24) is 0 Å². The van der Waals surface area contributed by atoms with Crippen molar-refractivity contribution in [1.29, 1.82) is 0 Å². The highest BCUT2D eigenvalue weighted by Crippen LogP contribution is 2.33. The molecule has 0 aromatic heterocycles. The lowest BCUT2D eigenvalue weighted by Gasteiger charge is -2.39. The zero-order chi connectivity index (χ0) is 16.3. The molecule has 0 radical (unpaired) electrons. The number of nitrogens with two attached hydrogens (primary N) is 1. The van der Waals surface area contributed by atoms with Gasteiger partial charge in [0.05, 0.1) is 25.3 Å². The van der Waals surface area contributed by atoms with Crippen LogP contribution < -0.4 is 11.3 Å². The molecule has 3 N–H and O–H groups in total. The van der Waals surface area contributed by atoms with Gasteiger partial charge in [0.1, 0.15) is 5.41 Å². The number of rotatable bonds is 6. The van der Waals surface area contributed by atoms with Gasteiger partial charge in [0, 0.05) is 4.47 Å². The molecule has 4 nitrogen and oxygen atoms in total. The van der Waals surface area contributed by atoms with Crippen LogP contribution in [0.25, 0.3) is 0 Å². The molecule has 0 aliphatic rings. The molecule has 0 bridgehead atoms. The van der Waals surface area contributed by atoms with Crippen molar-refractivity contribution in [2.75, 3.05) is 25.1 Å². The lowest BCUT2D eigenvalue weighted by Crippen LogP contribution is -2.58. The quantitative estimate of drug-likeness (QED) is 0.466. The SMILES string of the molecule is CC[N+](CC)(CC)C(=O)C(C)(C)c1ccc(NN)c(Br)c1. The predicted molar refractivity (Wildman–Crippen MR) is 91.9 cm³/mol. The summed E-state index contributed by atoms with van der Waals surface area (Å²) in [5.74, 6) is 5.71. The number of nitrogens with zero attached hydrogens (tertiary/aromatic N) is 1. The summed E-state index contributed by atoms with van der Waals surface area (Å²) in [4.78, 5) is 13.2. The molecule has 1 aromatic carbocycles. The number of halogens is 1. The minimum absolute atomic E-state index is 0.260. The van der Waals surface area contributed by atoms with Crippen molar-refractivity contribution >= 4 is 27.5 Å². The number of carbonyl (C=O) groups is 1. The zero-order valence-corrected chi connectivity index (χ0v) is 15.3. The minimum atomic E-state index is -0.544. The van der Waals surface area contributed by atoms with Crippen molar-refractivity contribution < 1.29 is 9.28 Å². The Labute approximate surface area is 136 Å².